The summed E-state index contributed by atoms with van der Waals surface area (Å²) in [5.41, 5.74) is 4.21. The van der Waals surface area contributed by atoms with Gasteiger partial charge in [-0.2, -0.15) is 0 Å². The number of halogens is 1. The van der Waals surface area contributed by atoms with Crippen LogP contribution in [-0.4, -0.2) is 23.3 Å². The highest BCUT2D eigenvalue weighted by Crippen LogP contribution is 2.38. The molecule has 1 saturated heterocycles. The maximum absolute atomic E-state index is 12.9. The van der Waals surface area contributed by atoms with Crippen LogP contribution in [0.4, 0.5) is 11.4 Å². The molecule has 0 aliphatic carbocycles. The van der Waals surface area contributed by atoms with Gasteiger partial charge in [0.1, 0.15) is 12.2 Å². The number of rotatable bonds is 8. The molecule has 0 spiro atoms. The number of carbonyl (C=O) groups excluding carboxylic acids is 2. The highest BCUT2D eigenvalue weighted by molar-refractivity contribution is 6.33. The number of para-hydroxylation sites is 1. The standard InChI is InChI=1S/C25H20ClN3O6/c1-2-34-22-14-17(12-20-24(30)27-28(25(20)31)18-6-4-3-5-7-18)13-21(26)23(22)35-15-16-8-10-19(11-9-16)29(32)33/h3-14H,2,15H2,1H3,(H,27,30). The Balaban J connectivity index is 1.58. The molecule has 0 aromatic heterocycles. The zero-order chi connectivity index (χ0) is 24.9. The van der Waals surface area contributed by atoms with Crippen molar-refractivity contribution in [2.45, 2.75) is 13.5 Å². The summed E-state index contributed by atoms with van der Waals surface area (Å²) in [6.45, 7) is 2.22. The molecule has 1 aliphatic heterocycles. The molecule has 1 fully saturated rings. The minimum Gasteiger partial charge on any atom is -0.490 e. The largest absolute Gasteiger partial charge is 0.490 e. The van der Waals surface area contributed by atoms with Crippen molar-refractivity contribution in [2.75, 3.05) is 11.6 Å². The van der Waals surface area contributed by atoms with Crippen molar-refractivity contribution in [3.05, 3.63) is 98.6 Å². The van der Waals surface area contributed by atoms with Crippen LogP contribution in [0.25, 0.3) is 6.08 Å². The molecule has 1 aliphatic rings. The van der Waals surface area contributed by atoms with Crippen molar-refractivity contribution in [3.8, 4) is 11.5 Å². The van der Waals surface area contributed by atoms with Gasteiger partial charge >= 0.3 is 0 Å². The van der Waals surface area contributed by atoms with E-state index in [1.165, 1.54) is 23.2 Å². The molecule has 0 radical (unpaired) electrons. The molecule has 1 heterocycles. The maximum Gasteiger partial charge on any atom is 0.282 e. The lowest BCUT2D eigenvalue weighted by atomic mass is 10.1. The summed E-state index contributed by atoms with van der Waals surface area (Å²) >= 11 is 6.47. The number of nitro groups is 1. The Morgan fingerprint density at radius 1 is 1.06 bits per heavy atom. The normalized spacial score (nSPS) is 14.2. The molecule has 0 unspecified atom stereocenters. The fraction of sp³-hybridized carbons (Fsp3) is 0.120. The van der Waals surface area contributed by atoms with Crippen LogP contribution < -0.4 is 19.9 Å². The third-order valence-corrected chi connectivity index (χ3v) is 5.36. The lowest BCUT2D eigenvalue weighted by Gasteiger charge is -2.15. The summed E-state index contributed by atoms with van der Waals surface area (Å²) in [6.07, 6.45) is 1.44. The summed E-state index contributed by atoms with van der Waals surface area (Å²) in [5, 5.41) is 12.2. The molecule has 1 N–H and O–H groups in total. The first-order chi connectivity index (χ1) is 16.9. The van der Waals surface area contributed by atoms with Gasteiger partial charge in [0.25, 0.3) is 17.5 Å². The molecule has 3 aromatic rings. The van der Waals surface area contributed by atoms with E-state index in [0.29, 0.717) is 29.2 Å². The third kappa shape index (κ3) is 5.25. The first kappa shape index (κ1) is 23.8. The fourth-order valence-corrected chi connectivity index (χ4v) is 3.70. The second-order valence-electron chi connectivity index (χ2n) is 7.45. The number of nitrogens with zero attached hydrogens (tertiary/aromatic N) is 2. The molecule has 3 aromatic carbocycles. The molecule has 9 nitrogen and oxygen atoms in total. The van der Waals surface area contributed by atoms with Gasteiger partial charge in [0.15, 0.2) is 11.5 Å². The average molecular weight is 494 g/mol. The van der Waals surface area contributed by atoms with E-state index >= 15 is 0 Å². The Morgan fingerprint density at radius 2 is 1.77 bits per heavy atom. The number of carbonyl (C=O) groups is 2. The predicted octanol–water partition coefficient (Wildman–Crippen LogP) is 4.69. The minimum atomic E-state index is -0.536. The van der Waals surface area contributed by atoms with E-state index in [1.807, 2.05) is 6.07 Å². The summed E-state index contributed by atoms with van der Waals surface area (Å²) in [4.78, 5) is 35.7. The molecule has 0 atom stereocenters. The van der Waals surface area contributed by atoms with Crippen LogP contribution in [-0.2, 0) is 16.2 Å². The third-order valence-electron chi connectivity index (χ3n) is 5.08. The first-order valence-corrected chi connectivity index (χ1v) is 11.0. The highest BCUT2D eigenvalue weighted by Gasteiger charge is 2.34. The number of amides is 2. The van der Waals surface area contributed by atoms with Gasteiger partial charge in [0.2, 0.25) is 0 Å². The molecule has 0 bridgehead atoms. The van der Waals surface area contributed by atoms with Gasteiger partial charge in [0.05, 0.1) is 22.2 Å². The second kappa shape index (κ2) is 10.3. The Labute approximate surface area is 205 Å². The van der Waals surface area contributed by atoms with Gasteiger partial charge < -0.3 is 9.47 Å². The number of hydrazine groups is 1. The number of nitro benzene ring substituents is 1. The minimum absolute atomic E-state index is 0.0181. The Bertz CT molecular complexity index is 1310. The van der Waals surface area contributed by atoms with Crippen LogP contribution in [0.15, 0.2) is 72.3 Å². The van der Waals surface area contributed by atoms with Crippen molar-refractivity contribution in [2.24, 2.45) is 0 Å². The van der Waals surface area contributed by atoms with Gasteiger partial charge in [-0.1, -0.05) is 29.8 Å². The lowest BCUT2D eigenvalue weighted by molar-refractivity contribution is -0.384. The van der Waals surface area contributed by atoms with Crippen LogP contribution in [0.2, 0.25) is 5.02 Å². The van der Waals surface area contributed by atoms with E-state index in [9.17, 15) is 19.7 Å². The number of non-ortho nitro benzene ring substituents is 1. The molecule has 178 valence electrons. The summed E-state index contributed by atoms with van der Waals surface area (Å²) in [7, 11) is 0. The summed E-state index contributed by atoms with van der Waals surface area (Å²) in [6, 6.07) is 17.9. The summed E-state index contributed by atoms with van der Waals surface area (Å²) in [5.74, 6) is -0.415. The molecular formula is C25H20ClN3O6. The van der Waals surface area contributed by atoms with Crippen LogP contribution >= 0.6 is 11.6 Å². The Kier molecular flexibility index (Phi) is 6.98. The van der Waals surface area contributed by atoms with Gasteiger partial charge in [-0.15, -0.1) is 0 Å². The zero-order valence-corrected chi connectivity index (χ0v) is 19.3. The van der Waals surface area contributed by atoms with E-state index in [1.54, 1.807) is 55.5 Å². The average Bonchev–Trinajstić information content (AvgIpc) is 3.13. The topological polar surface area (TPSA) is 111 Å². The van der Waals surface area contributed by atoms with Crippen molar-refractivity contribution < 1.29 is 24.0 Å². The second-order valence-corrected chi connectivity index (χ2v) is 7.86. The van der Waals surface area contributed by atoms with Gasteiger partial charge in [-0.05, 0) is 60.5 Å². The smallest absolute Gasteiger partial charge is 0.282 e. The van der Waals surface area contributed by atoms with Crippen molar-refractivity contribution in [3.63, 3.8) is 0 Å². The monoisotopic (exact) mass is 493 g/mol. The van der Waals surface area contributed by atoms with Crippen LogP contribution in [0.1, 0.15) is 18.1 Å². The summed E-state index contributed by atoms with van der Waals surface area (Å²) < 4.78 is 11.5. The molecular weight excluding hydrogens is 474 g/mol. The molecule has 4 rings (SSSR count). The molecule has 10 heteroatoms. The van der Waals surface area contributed by atoms with Crippen molar-refractivity contribution in [1.29, 1.82) is 0 Å². The van der Waals surface area contributed by atoms with Crippen molar-refractivity contribution in [1.82, 2.24) is 5.43 Å². The zero-order valence-electron chi connectivity index (χ0n) is 18.6. The number of benzene rings is 3. The SMILES string of the molecule is CCOc1cc(C=C2C(=O)NN(c3ccccc3)C2=O)cc(Cl)c1OCc1ccc([N+](=O)[O-])cc1. The van der Waals surface area contributed by atoms with E-state index < -0.39 is 16.7 Å². The quantitative estimate of drug-likeness (QED) is 0.211. The highest BCUT2D eigenvalue weighted by atomic mass is 35.5. The van der Waals surface area contributed by atoms with Gasteiger partial charge in [-0.3, -0.25) is 25.1 Å². The van der Waals surface area contributed by atoms with E-state index in [2.05, 4.69) is 5.43 Å². The van der Waals surface area contributed by atoms with Crippen molar-refractivity contribution >= 4 is 40.9 Å². The van der Waals surface area contributed by atoms with Crippen LogP contribution in [0.5, 0.6) is 11.5 Å². The van der Waals surface area contributed by atoms with Crippen LogP contribution in [0, 0.1) is 10.1 Å². The van der Waals surface area contributed by atoms with E-state index in [0.717, 1.165) is 0 Å². The fourth-order valence-electron chi connectivity index (χ4n) is 3.43. The van der Waals surface area contributed by atoms with Gasteiger partial charge in [0, 0.05) is 12.1 Å². The number of nitrogens with one attached hydrogen (secondary N) is 1. The van der Waals surface area contributed by atoms with Gasteiger partial charge in [-0.25, -0.2) is 5.01 Å². The number of ether oxygens (including phenoxy) is 2. The Hall–Kier alpha value is -4.37. The molecule has 0 saturated carbocycles. The maximum atomic E-state index is 12.9. The first-order valence-electron chi connectivity index (χ1n) is 10.6. The Morgan fingerprint density at radius 3 is 2.43 bits per heavy atom. The number of hydrogen-bond acceptors (Lipinski definition) is 6. The molecule has 2 amide bonds. The molecule has 35 heavy (non-hydrogen) atoms. The van der Waals surface area contributed by atoms with E-state index in [4.69, 9.17) is 21.1 Å². The predicted molar refractivity (Wildman–Crippen MR) is 130 cm³/mol. The van der Waals surface area contributed by atoms with E-state index in [-0.39, 0.29) is 28.6 Å². The number of anilines is 1. The van der Waals surface area contributed by atoms with Crippen LogP contribution in [0.3, 0.4) is 0 Å². The lowest BCUT2D eigenvalue weighted by Crippen LogP contribution is -2.35. The number of hydrogen-bond donors (Lipinski definition) is 1.